The molecule has 35 heavy (non-hydrogen) atoms. The third-order valence-electron chi connectivity index (χ3n) is 5.65. The van der Waals surface area contributed by atoms with E-state index in [2.05, 4.69) is 15.5 Å². The minimum absolute atomic E-state index is 0.168. The van der Waals surface area contributed by atoms with Crippen molar-refractivity contribution in [2.24, 2.45) is 0 Å². The minimum atomic E-state index is -0.946. The lowest BCUT2D eigenvalue weighted by molar-refractivity contribution is -0.135. The summed E-state index contributed by atoms with van der Waals surface area (Å²) in [5.74, 6) is -1.73. The normalized spacial score (nSPS) is 13.9. The van der Waals surface area contributed by atoms with Crippen LogP contribution in [0, 0.1) is 5.82 Å². The first-order valence-corrected chi connectivity index (χ1v) is 11.1. The van der Waals surface area contributed by atoms with Crippen molar-refractivity contribution < 1.29 is 19.1 Å². The Bertz CT molecular complexity index is 1300. The van der Waals surface area contributed by atoms with Crippen LogP contribution in [0.5, 0.6) is 0 Å². The number of halogens is 1. The summed E-state index contributed by atoms with van der Waals surface area (Å²) >= 11 is 0. The van der Waals surface area contributed by atoms with E-state index in [4.69, 9.17) is 0 Å². The number of anilines is 3. The standard InChI is InChI=1S/C27H27FN4O3/c1-31(2)15-17-7-10-20(11-8-17)29-26(18-5-4-6-21(13-18)32(3)16-24(33)34)25-22-12-9-19(28)14-23(22)30-27(25)35/h4-14,29H,15-16H2,1-3H3,(H,30,35)(H,33,34). The third-order valence-corrected chi connectivity index (χ3v) is 5.65. The molecule has 1 aliphatic rings. The van der Waals surface area contributed by atoms with E-state index >= 15 is 0 Å². The summed E-state index contributed by atoms with van der Waals surface area (Å²) in [5, 5.41) is 15.3. The monoisotopic (exact) mass is 474 g/mol. The van der Waals surface area contributed by atoms with Gasteiger partial charge in [-0.15, -0.1) is 0 Å². The van der Waals surface area contributed by atoms with Gasteiger partial charge < -0.3 is 25.5 Å². The van der Waals surface area contributed by atoms with E-state index in [1.807, 2.05) is 62.6 Å². The van der Waals surface area contributed by atoms with Crippen molar-refractivity contribution in [2.75, 3.05) is 43.2 Å². The number of carbonyl (C=O) groups is 2. The Morgan fingerprint density at radius 2 is 1.77 bits per heavy atom. The molecule has 0 atom stereocenters. The number of nitrogens with one attached hydrogen (secondary N) is 2. The van der Waals surface area contributed by atoms with Gasteiger partial charge in [-0.1, -0.05) is 24.3 Å². The van der Waals surface area contributed by atoms with E-state index in [0.717, 1.165) is 17.8 Å². The molecule has 1 aliphatic heterocycles. The molecule has 0 spiro atoms. The van der Waals surface area contributed by atoms with E-state index < -0.39 is 11.8 Å². The third kappa shape index (κ3) is 5.50. The predicted molar refractivity (Wildman–Crippen MR) is 137 cm³/mol. The predicted octanol–water partition coefficient (Wildman–Crippen LogP) is 4.34. The molecule has 4 rings (SSSR count). The van der Waals surface area contributed by atoms with Crippen molar-refractivity contribution in [1.29, 1.82) is 0 Å². The fourth-order valence-corrected chi connectivity index (χ4v) is 4.07. The smallest absolute Gasteiger partial charge is 0.323 e. The second-order valence-corrected chi connectivity index (χ2v) is 8.75. The van der Waals surface area contributed by atoms with Crippen molar-refractivity contribution in [1.82, 2.24) is 4.90 Å². The van der Waals surface area contributed by atoms with Crippen LogP contribution in [-0.4, -0.2) is 49.6 Å². The van der Waals surface area contributed by atoms with Crippen LogP contribution in [0.4, 0.5) is 21.5 Å². The van der Waals surface area contributed by atoms with Gasteiger partial charge >= 0.3 is 5.97 Å². The van der Waals surface area contributed by atoms with Crippen LogP contribution < -0.4 is 15.5 Å². The van der Waals surface area contributed by atoms with E-state index in [9.17, 15) is 19.1 Å². The van der Waals surface area contributed by atoms with E-state index in [0.29, 0.717) is 33.8 Å². The van der Waals surface area contributed by atoms with Crippen LogP contribution in [0.2, 0.25) is 0 Å². The molecule has 1 amide bonds. The van der Waals surface area contributed by atoms with Gasteiger partial charge in [-0.25, -0.2) is 4.39 Å². The van der Waals surface area contributed by atoms with Crippen molar-refractivity contribution in [2.45, 2.75) is 6.54 Å². The summed E-state index contributed by atoms with van der Waals surface area (Å²) in [5.41, 5.74) is 5.23. The fraction of sp³-hybridized carbons (Fsp3) is 0.185. The molecule has 7 nitrogen and oxygen atoms in total. The molecular weight excluding hydrogens is 447 g/mol. The maximum atomic E-state index is 13.8. The number of aliphatic carboxylic acids is 1. The van der Waals surface area contributed by atoms with Crippen molar-refractivity contribution >= 4 is 40.2 Å². The van der Waals surface area contributed by atoms with Crippen LogP contribution in [0.25, 0.3) is 11.3 Å². The number of fused-ring (bicyclic) bond motifs is 1. The highest BCUT2D eigenvalue weighted by Gasteiger charge is 2.29. The largest absolute Gasteiger partial charge is 0.480 e. The molecule has 3 aromatic rings. The maximum Gasteiger partial charge on any atom is 0.323 e. The summed E-state index contributed by atoms with van der Waals surface area (Å²) < 4.78 is 13.8. The van der Waals surface area contributed by atoms with Gasteiger partial charge in [0.15, 0.2) is 0 Å². The Labute approximate surface area is 203 Å². The highest BCUT2D eigenvalue weighted by atomic mass is 19.1. The highest BCUT2D eigenvalue weighted by Crippen LogP contribution is 2.38. The van der Waals surface area contributed by atoms with Crippen LogP contribution in [0.1, 0.15) is 16.7 Å². The van der Waals surface area contributed by atoms with Crippen molar-refractivity contribution in [3.8, 4) is 0 Å². The summed E-state index contributed by atoms with van der Waals surface area (Å²) in [6.07, 6.45) is 0. The number of carbonyl (C=O) groups excluding carboxylic acids is 1. The zero-order valence-corrected chi connectivity index (χ0v) is 19.8. The number of carboxylic acids is 1. The molecule has 180 valence electrons. The van der Waals surface area contributed by atoms with Crippen LogP contribution >= 0.6 is 0 Å². The summed E-state index contributed by atoms with van der Waals surface area (Å²) in [4.78, 5) is 28.0. The van der Waals surface area contributed by atoms with Gasteiger partial charge in [0.1, 0.15) is 12.4 Å². The van der Waals surface area contributed by atoms with Crippen molar-refractivity contribution in [3.05, 3.63) is 89.2 Å². The second kappa shape index (κ2) is 9.99. The van der Waals surface area contributed by atoms with Gasteiger partial charge in [0.05, 0.1) is 17.0 Å². The SMILES string of the molecule is CN(C)Cc1ccc(NC(=C2C(=O)Nc3cc(F)ccc32)c2cccc(N(C)CC(=O)O)c2)cc1. The zero-order chi connectivity index (χ0) is 25.1. The Kier molecular flexibility index (Phi) is 6.84. The summed E-state index contributed by atoms with van der Waals surface area (Å²) in [7, 11) is 5.70. The quantitative estimate of drug-likeness (QED) is 0.421. The maximum absolute atomic E-state index is 13.8. The Balaban J connectivity index is 1.81. The lowest BCUT2D eigenvalue weighted by Gasteiger charge is -2.20. The van der Waals surface area contributed by atoms with Crippen LogP contribution in [-0.2, 0) is 16.1 Å². The van der Waals surface area contributed by atoms with Gasteiger partial charge in [-0.05, 0) is 62.1 Å². The lowest BCUT2D eigenvalue weighted by Crippen LogP contribution is -2.25. The number of rotatable bonds is 8. The van der Waals surface area contributed by atoms with Gasteiger partial charge in [-0.3, -0.25) is 9.59 Å². The molecule has 0 aromatic heterocycles. The minimum Gasteiger partial charge on any atom is -0.480 e. The van der Waals surface area contributed by atoms with Gasteiger partial charge in [0.2, 0.25) is 0 Å². The molecule has 3 aromatic carbocycles. The number of amides is 1. The summed E-state index contributed by atoms with van der Waals surface area (Å²) in [6.45, 7) is 0.631. The molecule has 0 radical (unpaired) electrons. The van der Waals surface area contributed by atoms with Gasteiger partial charge in [0.25, 0.3) is 5.91 Å². The van der Waals surface area contributed by atoms with Crippen LogP contribution in [0.15, 0.2) is 66.7 Å². The summed E-state index contributed by atoms with van der Waals surface area (Å²) in [6, 6.07) is 19.4. The molecule has 3 N–H and O–H groups in total. The number of hydrogen-bond acceptors (Lipinski definition) is 5. The van der Waals surface area contributed by atoms with Crippen LogP contribution in [0.3, 0.4) is 0 Å². The molecule has 1 heterocycles. The first kappa shape index (κ1) is 24.0. The number of benzene rings is 3. The lowest BCUT2D eigenvalue weighted by atomic mass is 9.99. The molecular formula is C27H27FN4O3. The first-order valence-electron chi connectivity index (χ1n) is 11.1. The Morgan fingerprint density at radius 1 is 1.03 bits per heavy atom. The highest BCUT2D eigenvalue weighted by molar-refractivity contribution is 6.37. The van der Waals surface area contributed by atoms with Gasteiger partial charge in [-0.2, -0.15) is 0 Å². The average Bonchev–Trinajstić information content (AvgIpc) is 3.12. The number of carboxylic acid groups (broad SMARTS) is 1. The average molecular weight is 475 g/mol. The van der Waals surface area contributed by atoms with E-state index in [1.54, 1.807) is 18.0 Å². The zero-order valence-electron chi connectivity index (χ0n) is 19.8. The molecule has 0 saturated carbocycles. The topological polar surface area (TPSA) is 84.9 Å². The van der Waals surface area contributed by atoms with E-state index in [-0.39, 0.29) is 12.5 Å². The molecule has 0 unspecified atom stereocenters. The van der Waals surface area contributed by atoms with Gasteiger partial charge in [0, 0.05) is 36.1 Å². The van der Waals surface area contributed by atoms with E-state index in [1.165, 1.54) is 12.1 Å². The molecule has 0 saturated heterocycles. The molecule has 0 bridgehead atoms. The second-order valence-electron chi connectivity index (χ2n) is 8.75. The Hall–Kier alpha value is -4.17. The molecule has 0 fully saturated rings. The molecule has 8 heteroatoms. The fourth-order valence-electron chi connectivity index (χ4n) is 4.07. The number of hydrogen-bond donors (Lipinski definition) is 3. The molecule has 0 aliphatic carbocycles. The Morgan fingerprint density at radius 3 is 2.46 bits per heavy atom. The first-order chi connectivity index (χ1) is 16.7. The number of nitrogens with zero attached hydrogens (tertiary/aromatic N) is 2. The number of likely N-dealkylation sites (N-methyl/N-ethyl adjacent to an activating group) is 1. The van der Waals surface area contributed by atoms with Crippen molar-refractivity contribution in [3.63, 3.8) is 0 Å².